The third kappa shape index (κ3) is 2.82. The molecule has 1 N–H and O–H groups in total. The van der Waals surface area contributed by atoms with Gasteiger partial charge in [0.1, 0.15) is 11.6 Å². The molecule has 21 heavy (non-hydrogen) atoms. The molecule has 0 atom stereocenters. The molecule has 0 aromatic carbocycles. The summed E-state index contributed by atoms with van der Waals surface area (Å²) in [5.41, 5.74) is 0. The second kappa shape index (κ2) is 5.44. The molecule has 0 fully saturated rings. The van der Waals surface area contributed by atoms with Gasteiger partial charge in [-0.1, -0.05) is 11.3 Å². The summed E-state index contributed by atoms with van der Waals surface area (Å²) in [5, 5.41) is 11.4. The van der Waals surface area contributed by atoms with Gasteiger partial charge in [0, 0.05) is 6.20 Å². The van der Waals surface area contributed by atoms with Gasteiger partial charge in [-0.2, -0.15) is 0 Å². The average Bonchev–Trinajstić information content (AvgIpc) is 2.87. The van der Waals surface area contributed by atoms with Crippen molar-refractivity contribution in [3.63, 3.8) is 0 Å². The molecular weight excluding hydrogens is 294 g/mol. The number of ether oxygens (including phenoxy) is 1. The number of nitrogens with zero attached hydrogens (tertiary/aromatic N) is 4. The van der Waals surface area contributed by atoms with E-state index in [1.807, 2.05) is 0 Å². The van der Waals surface area contributed by atoms with Crippen LogP contribution in [0.15, 0.2) is 18.3 Å². The van der Waals surface area contributed by atoms with Crippen molar-refractivity contribution >= 4 is 34.1 Å². The summed E-state index contributed by atoms with van der Waals surface area (Å²) in [7, 11) is 0. The molecule has 1 aliphatic heterocycles. The molecule has 0 aliphatic carbocycles. The number of carbonyl (C=O) groups is 2. The summed E-state index contributed by atoms with van der Waals surface area (Å²) in [6.07, 6.45) is 1.54. The first-order valence-corrected chi connectivity index (χ1v) is 6.93. The van der Waals surface area contributed by atoms with Crippen molar-refractivity contribution in [1.29, 1.82) is 0 Å². The van der Waals surface area contributed by atoms with E-state index in [-0.39, 0.29) is 25.0 Å². The Morgan fingerprint density at radius 1 is 1.52 bits per heavy atom. The largest absolute Gasteiger partial charge is 0.480 e. The van der Waals surface area contributed by atoms with E-state index < -0.39 is 0 Å². The lowest BCUT2D eigenvalue weighted by Crippen LogP contribution is -2.43. The molecule has 0 bridgehead atoms. The zero-order chi connectivity index (χ0) is 14.8. The van der Waals surface area contributed by atoms with Gasteiger partial charge in [-0.05, 0) is 19.1 Å². The lowest BCUT2D eigenvalue weighted by Gasteiger charge is -2.27. The monoisotopic (exact) mass is 305 g/mol. The molecule has 0 saturated carbocycles. The van der Waals surface area contributed by atoms with Gasteiger partial charge in [0.05, 0.1) is 0 Å². The van der Waals surface area contributed by atoms with E-state index in [0.717, 1.165) is 5.01 Å². The van der Waals surface area contributed by atoms with E-state index in [1.54, 1.807) is 25.3 Å². The zero-order valence-corrected chi connectivity index (χ0v) is 11.9. The normalized spacial score (nSPS) is 13.6. The third-order valence-electron chi connectivity index (χ3n) is 2.73. The fourth-order valence-electron chi connectivity index (χ4n) is 1.85. The topological polar surface area (TPSA) is 97.3 Å². The van der Waals surface area contributed by atoms with Crippen molar-refractivity contribution in [2.24, 2.45) is 0 Å². The van der Waals surface area contributed by atoms with Crippen LogP contribution in [0.4, 0.5) is 10.9 Å². The van der Waals surface area contributed by atoms with Crippen LogP contribution in [0.25, 0.3) is 0 Å². The van der Waals surface area contributed by atoms with Crippen LogP contribution in [0.5, 0.6) is 5.75 Å². The van der Waals surface area contributed by atoms with Crippen molar-refractivity contribution in [2.75, 3.05) is 23.4 Å². The number of fused-ring (bicyclic) bond motifs is 1. The first-order valence-electron chi connectivity index (χ1n) is 6.11. The van der Waals surface area contributed by atoms with Gasteiger partial charge < -0.3 is 4.74 Å². The minimum absolute atomic E-state index is 0.107. The Balaban J connectivity index is 1.74. The van der Waals surface area contributed by atoms with E-state index in [0.29, 0.717) is 16.7 Å². The fraction of sp³-hybridized carbons (Fsp3) is 0.250. The molecule has 2 aromatic rings. The van der Waals surface area contributed by atoms with Crippen molar-refractivity contribution in [2.45, 2.75) is 6.92 Å². The Morgan fingerprint density at radius 2 is 2.38 bits per heavy atom. The van der Waals surface area contributed by atoms with Crippen LogP contribution in [0.1, 0.15) is 5.01 Å². The van der Waals surface area contributed by atoms with E-state index >= 15 is 0 Å². The number of aryl methyl sites for hydroxylation is 1. The van der Waals surface area contributed by atoms with Crippen LogP contribution in [0.3, 0.4) is 0 Å². The number of nitrogens with one attached hydrogen (secondary N) is 1. The summed E-state index contributed by atoms with van der Waals surface area (Å²) >= 11 is 1.27. The summed E-state index contributed by atoms with van der Waals surface area (Å²) in [5.74, 6) is 0.150. The van der Waals surface area contributed by atoms with Crippen LogP contribution in [0.2, 0.25) is 0 Å². The summed E-state index contributed by atoms with van der Waals surface area (Å²) in [6, 6.07) is 3.41. The molecule has 9 heteroatoms. The number of aromatic nitrogens is 3. The standard InChI is InChI=1S/C12H11N5O3S/c1-7-15-16-12(21-7)14-9(18)5-17-10(19)6-20-8-3-2-4-13-11(8)17/h2-4H,5-6H2,1H3,(H,14,16,18). The molecule has 0 radical (unpaired) electrons. The molecule has 2 amide bonds. The molecule has 3 rings (SSSR count). The number of amides is 2. The highest BCUT2D eigenvalue weighted by Gasteiger charge is 2.28. The van der Waals surface area contributed by atoms with Gasteiger partial charge in [0.25, 0.3) is 5.91 Å². The van der Waals surface area contributed by atoms with Gasteiger partial charge in [0.15, 0.2) is 18.2 Å². The Hall–Kier alpha value is -2.55. The smallest absolute Gasteiger partial charge is 0.266 e. The van der Waals surface area contributed by atoms with E-state index in [1.165, 1.54) is 16.2 Å². The molecule has 3 heterocycles. The van der Waals surface area contributed by atoms with E-state index in [9.17, 15) is 9.59 Å². The number of pyridine rings is 1. The van der Waals surface area contributed by atoms with E-state index in [2.05, 4.69) is 20.5 Å². The van der Waals surface area contributed by atoms with Crippen LogP contribution in [0, 0.1) is 6.92 Å². The van der Waals surface area contributed by atoms with Crippen molar-refractivity contribution in [1.82, 2.24) is 15.2 Å². The minimum atomic E-state index is -0.363. The van der Waals surface area contributed by atoms with Gasteiger partial charge in [0.2, 0.25) is 11.0 Å². The molecule has 2 aromatic heterocycles. The maximum Gasteiger partial charge on any atom is 0.266 e. The molecule has 0 unspecified atom stereocenters. The Kier molecular flexibility index (Phi) is 3.48. The highest BCUT2D eigenvalue weighted by molar-refractivity contribution is 7.15. The van der Waals surface area contributed by atoms with Crippen LogP contribution in [-0.2, 0) is 9.59 Å². The average molecular weight is 305 g/mol. The van der Waals surface area contributed by atoms with Crippen molar-refractivity contribution < 1.29 is 14.3 Å². The first-order chi connectivity index (χ1) is 10.1. The Labute approximate surface area is 123 Å². The predicted octanol–water partition coefficient (Wildman–Crippen LogP) is 0.606. The summed E-state index contributed by atoms with van der Waals surface area (Å²) in [4.78, 5) is 29.3. The lowest BCUT2D eigenvalue weighted by molar-refractivity contribution is -0.123. The quantitative estimate of drug-likeness (QED) is 0.892. The molecule has 1 aliphatic rings. The van der Waals surface area contributed by atoms with Crippen molar-refractivity contribution in [3.8, 4) is 5.75 Å². The van der Waals surface area contributed by atoms with Gasteiger partial charge in [-0.3, -0.25) is 19.8 Å². The molecule has 0 spiro atoms. The number of rotatable bonds is 3. The fourth-order valence-corrected chi connectivity index (χ4v) is 2.45. The molecule has 0 saturated heterocycles. The SMILES string of the molecule is Cc1nnc(NC(=O)CN2C(=O)COc3cccnc32)s1. The van der Waals surface area contributed by atoms with Gasteiger partial charge in [-0.15, -0.1) is 10.2 Å². The molecular formula is C12H11N5O3S. The highest BCUT2D eigenvalue weighted by Crippen LogP contribution is 2.28. The van der Waals surface area contributed by atoms with Crippen LogP contribution < -0.4 is 15.0 Å². The van der Waals surface area contributed by atoms with Gasteiger partial charge >= 0.3 is 0 Å². The first kappa shape index (κ1) is 13.4. The van der Waals surface area contributed by atoms with E-state index in [4.69, 9.17) is 4.74 Å². The molecule has 108 valence electrons. The van der Waals surface area contributed by atoms with Crippen molar-refractivity contribution in [3.05, 3.63) is 23.3 Å². The van der Waals surface area contributed by atoms with Crippen LogP contribution in [-0.4, -0.2) is 40.1 Å². The van der Waals surface area contributed by atoms with Crippen LogP contribution >= 0.6 is 11.3 Å². The third-order valence-corrected chi connectivity index (χ3v) is 3.49. The number of carbonyl (C=O) groups excluding carboxylic acids is 2. The Morgan fingerprint density at radius 3 is 3.14 bits per heavy atom. The molecule has 8 nitrogen and oxygen atoms in total. The predicted molar refractivity (Wildman–Crippen MR) is 75.4 cm³/mol. The maximum absolute atomic E-state index is 12.0. The Bertz CT molecular complexity index is 702. The number of hydrogen-bond donors (Lipinski definition) is 1. The lowest BCUT2D eigenvalue weighted by atomic mass is 10.3. The second-order valence-corrected chi connectivity index (χ2v) is 5.45. The number of anilines is 2. The van der Waals surface area contributed by atoms with Gasteiger partial charge in [-0.25, -0.2) is 4.98 Å². The summed E-state index contributed by atoms with van der Waals surface area (Å²) in [6.45, 7) is 1.54. The summed E-state index contributed by atoms with van der Waals surface area (Å²) < 4.78 is 5.26. The zero-order valence-electron chi connectivity index (χ0n) is 11.1. The number of hydrogen-bond acceptors (Lipinski definition) is 7. The minimum Gasteiger partial charge on any atom is -0.480 e. The highest BCUT2D eigenvalue weighted by atomic mass is 32.1. The maximum atomic E-state index is 12.0. The second-order valence-electron chi connectivity index (χ2n) is 4.27.